The molecule has 2 fully saturated rings. The molecule has 2 aliphatic rings. The SMILES string of the molecule is CN=C(NCCCCN1CCCCC1C)N(C)CC1CCOC1. The highest BCUT2D eigenvalue weighted by Gasteiger charge is 2.19. The molecule has 0 bridgehead atoms. The van der Waals surface area contributed by atoms with Crippen molar-refractivity contribution in [1.29, 1.82) is 0 Å². The van der Waals surface area contributed by atoms with Crippen molar-refractivity contribution in [1.82, 2.24) is 15.1 Å². The molecule has 2 unspecified atom stereocenters. The van der Waals surface area contributed by atoms with Crippen molar-refractivity contribution >= 4 is 5.96 Å². The van der Waals surface area contributed by atoms with Gasteiger partial charge in [0, 0.05) is 45.8 Å². The number of nitrogens with one attached hydrogen (secondary N) is 1. The summed E-state index contributed by atoms with van der Waals surface area (Å²) in [5.41, 5.74) is 0. The third-order valence-electron chi connectivity index (χ3n) is 5.23. The maximum Gasteiger partial charge on any atom is 0.193 e. The highest BCUT2D eigenvalue weighted by atomic mass is 16.5. The molecule has 0 aromatic heterocycles. The first kappa shape index (κ1) is 18.5. The minimum absolute atomic E-state index is 0.652. The summed E-state index contributed by atoms with van der Waals surface area (Å²) < 4.78 is 5.46. The van der Waals surface area contributed by atoms with Crippen LogP contribution in [-0.4, -0.2) is 75.3 Å². The van der Waals surface area contributed by atoms with E-state index >= 15 is 0 Å². The molecule has 1 N–H and O–H groups in total. The first-order chi connectivity index (χ1) is 11.2. The van der Waals surface area contributed by atoms with Crippen LogP contribution < -0.4 is 5.32 Å². The molecule has 0 saturated carbocycles. The summed E-state index contributed by atoms with van der Waals surface area (Å²) in [4.78, 5) is 9.31. The van der Waals surface area contributed by atoms with Crippen LogP contribution in [0.25, 0.3) is 0 Å². The van der Waals surface area contributed by atoms with E-state index in [9.17, 15) is 0 Å². The lowest BCUT2D eigenvalue weighted by Crippen LogP contribution is -2.42. The van der Waals surface area contributed by atoms with E-state index in [-0.39, 0.29) is 0 Å². The van der Waals surface area contributed by atoms with Crippen LogP contribution in [0, 0.1) is 5.92 Å². The lowest BCUT2D eigenvalue weighted by molar-refractivity contribution is 0.158. The molecule has 23 heavy (non-hydrogen) atoms. The third-order valence-corrected chi connectivity index (χ3v) is 5.23. The molecule has 0 spiro atoms. The van der Waals surface area contributed by atoms with Crippen molar-refractivity contribution in [3.05, 3.63) is 0 Å². The van der Waals surface area contributed by atoms with Crippen LogP contribution >= 0.6 is 0 Å². The fourth-order valence-electron chi connectivity index (χ4n) is 3.72. The minimum atomic E-state index is 0.652. The van der Waals surface area contributed by atoms with Gasteiger partial charge in [0.1, 0.15) is 0 Å². The van der Waals surface area contributed by atoms with Gasteiger partial charge in [0.25, 0.3) is 0 Å². The van der Waals surface area contributed by atoms with Gasteiger partial charge in [-0.25, -0.2) is 0 Å². The number of piperidine rings is 1. The lowest BCUT2D eigenvalue weighted by atomic mass is 10.0. The predicted octanol–water partition coefficient (Wildman–Crippen LogP) is 2.18. The Balaban J connectivity index is 1.57. The Labute approximate surface area is 142 Å². The van der Waals surface area contributed by atoms with Gasteiger partial charge in [-0.05, 0) is 52.1 Å². The van der Waals surface area contributed by atoms with Gasteiger partial charge in [-0.3, -0.25) is 4.99 Å². The van der Waals surface area contributed by atoms with Gasteiger partial charge in [0.15, 0.2) is 5.96 Å². The Morgan fingerprint density at radius 1 is 1.30 bits per heavy atom. The van der Waals surface area contributed by atoms with Crippen molar-refractivity contribution in [3.8, 4) is 0 Å². The Morgan fingerprint density at radius 2 is 2.17 bits per heavy atom. The molecular formula is C18H36N4O. The van der Waals surface area contributed by atoms with Crippen LogP contribution in [0.4, 0.5) is 0 Å². The summed E-state index contributed by atoms with van der Waals surface area (Å²) in [6, 6.07) is 0.782. The van der Waals surface area contributed by atoms with Crippen LogP contribution in [0.1, 0.15) is 45.4 Å². The summed E-state index contributed by atoms with van der Waals surface area (Å²) in [6.07, 6.45) is 7.83. The molecule has 2 heterocycles. The van der Waals surface area contributed by atoms with Crippen molar-refractivity contribution in [3.63, 3.8) is 0 Å². The van der Waals surface area contributed by atoms with E-state index in [1.54, 1.807) is 0 Å². The Morgan fingerprint density at radius 3 is 2.87 bits per heavy atom. The van der Waals surface area contributed by atoms with Crippen LogP contribution in [0.5, 0.6) is 0 Å². The molecular weight excluding hydrogens is 288 g/mol. The van der Waals surface area contributed by atoms with Crippen molar-refractivity contribution < 1.29 is 4.74 Å². The smallest absolute Gasteiger partial charge is 0.193 e. The zero-order valence-corrected chi connectivity index (χ0v) is 15.4. The fraction of sp³-hybridized carbons (Fsp3) is 0.944. The maximum atomic E-state index is 5.46. The van der Waals surface area contributed by atoms with Gasteiger partial charge in [0.05, 0.1) is 6.61 Å². The number of nitrogens with zero attached hydrogens (tertiary/aromatic N) is 3. The van der Waals surface area contributed by atoms with Crippen LogP contribution in [0.2, 0.25) is 0 Å². The largest absolute Gasteiger partial charge is 0.381 e. The normalized spacial score (nSPS) is 26.5. The summed E-state index contributed by atoms with van der Waals surface area (Å²) >= 11 is 0. The van der Waals surface area contributed by atoms with E-state index in [2.05, 4.69) is 34.1 Å². The van der Waals surface area contributed by atoms with E-state index in [0.717, 1.165) is 38.3 Å². The van der Waals surface area contributed by atoms with Crippen LogP contribution in [0.15, 0.2) is 4.99 Å². The topological polar surface area (TPSA) is 40.1 Å². The van der Waals surface area contributed by atoms with Crippen molar-refractivity contribution in [2.75, 3.05) is 53.5 Å². The Hall–Kier alpha value is -0.810. The number of ether oxygens (including phenoxy) is 1. The second-order valence-electron chi connectivity index (χ2n) is 7.17. The number of likely N-dealkylation sites (tertiary alicyclic amines) is 1. The molecule has 2 atom stereocenters. The molecule has 5 nitrogen and oxygen atoms in total. The molecule has 134 valence electrons. The quantitative estimate of drug-likeness (QED) is 0.443. The Bertz CT molecular complexity index is 355. The first-order valence-corrected chi connectivity index (χ1v) is 9.44. The van der Waals surface area contributed by atoms with Gasteiger partial charge in [-0.1, -0.05) is 6.42 Å². The van der Waals surface area contributed by atoms with E-state index in [0.29, 0.717) is 5.92 Å². The predicted molar refractivity (Wildman–Crippen MR) is 97.0 cm³/mol. The van der Waals surface area contributed by atoms with Gasteiger partial charge >= 0.3 is 0 Å². The maximum absolute atomic E-state index is 5.46. The van der Waals surface area contributed by atoms with E-state index in [4.69, 9.17) is 4.74 Å². The number of unbranched alkanes of at least 4 members (excludes halogenated alkanes) is 1. The van der Waals surface area contributed by atoms with Crippen molar-refractivity contribution in [2.45, 2.75) is 51.5 Å². The molecule has 2 aliphatic heterocycles. The molecule has 0 aromatic carbocycles. The second-order valence-corrected chi connectivity index (χ2v) is 7.17. The summed E-state index contributed by atoms with van der Waals surface area (Å²) in [5, 5.41) is 3.51. The molecule has 0 aliphatic carbocycles. The van der Waals surface area contributed by atoms with Gasteiger partial charge in [0.2, 0.25) is 0 Å². The van der Waals surface area contributed by atoms with Crippen molar-refractivity contribution in [2.24, 2.45) is 10.9 Å². The summed E-state index contributed by atoms with van der Waals surface area (Å²) in [7, 11) is 4.00. The molecule has 0 amide bonds. The standard InChI is InChI=1S/C18H36N4O/c1-16-8-4-6-11-22(16)12-7-5-10-20-18(19-2)21(3)14-17-9-13-23-15-17/h16-17H,4-15H2,1-3H3,(H,19,20). The van der Waals surface area contributed by atoms with E-state index in [1.807, 2.05) is 7.05 Å². The van der Waals surface area contributed by atoms with E-state index in [1.165, 1.54) is 51.6 Å². The molecule has 0 aromatic rings. The van der Waals surface area contributed by atoms with E-state index < -0.39 is 0 Å². The third kappa shape index (κ3) is 6.30. The van der Waals surface area contributed by atoms with Gasteiger partial charge in [-0.15, -0.1) is 0 Å². The second kappa shape index (κ2) is 10.1. The molecule has 2 rings (SSSR count). The lowest BCUT2D eigenvalue weighted by Gasteiger charge is -2.33. The summed E-state index contributed by atoms with van der Waals surface area (Å²) in [5.74, 6) is 1.67. The number of aliphatic imine (C=N–C) groups is 1. The highest BCUT2D eigenvalue weighted by molar-refractivity contribution is 5.79. The monoisotopic (exact) mass is 324 g/mol. The minimum Gasteiger partial charge on any atom is -0.381 e. The van der Waals surface area contributed by atoms with Crippen LogP contribution in [0.3, 0.4) is 0 Å². The van der Waals surface area contributed by atoms with Crippen LogP contribution in [-0.2, 0) is 4.74 Å². The number of hydrogen-bond acceptors (Lipinski definition) is 3. The molecule has 2 saturated heterocycles. The Kier molecular flexibility index (Phi) is 8.17. The highest BCUT2D eigenvalue weighted by Crippen LogP contribution is 2.16. The first-order valence-electron chi connectivity index (χ1n) is 9.44. The average Bonchev–Trinajstić information content (AvgIpc) is 3.05. The number of guanidine groups is 1. The summed E-state index contributed by atoms with van der Waals surface area (Å²) in [6.45, 7) is 8.78. The number of rotatable bonds is 7. The fourth-order valence-corrected chi connectivity index (χ4v) is 3.72. The van der Waals surface area contributed by atoms with Gasteiger partial charge < -0.3 is 19.9 Å². The number of hydrogen-bond donors (Lipinski definition) is 1. The average molecular weight is 325 g/mol. The van der Waals surface area contributed by atoms with Gasteiger partial charge in [-0.2, -0.15) is 0 Å². The molecule has 5 heteroatoms. The zero-order chi connectivity index (χ0) is 16.5. The zero-order valence-electron chi connectivity index (χ0n) is 15.4. The molecule has 0 radical (unpaired) electrons.